The molecule has 1 aromatic heterocycles. The van der Waals surface area contributed by atoms with Crippen LogP contribution in [0.3, 0.4) is 0 Å². The van der Waals surface area contributed by atoms with E-state index in [1.807, 2.05) is 19.1 Å². The Morgan fingerprint density at radius 3 is 2.80 bits per heavy atom. The van der Waals surface area contributed by atoms with Crippen molar-refractivity contribution in [1.29, 1.82) is 0 Å². The molecule has 15 heavy (non-hydrogen) atoms. The molecular weight excluding hydrogens is 260 g/mol. The smallest absolute Gasteiger partial charge is 0.373 e. The summed E-state index contributed by atoms with van der Waals surface area (Å²) in [7, 11) is 1.33. The largest absolute Gasteiger partial charge is 0.463 e. The van der Waals surface area contributed by atoms with E-state index in [1.165, 1.54) is 7.11 Å². The Labute approximate surface area is 95.1 Å². The summed E-state index contributed by atoms with van der Waals surface area (Å²) in [6.45, 7) is 1.93. The third-order valence-corrected chi connectivity index (χ3v) is 2.91. The summed E-state index contributed by atoms with van der Waals surface area (Å²) in [6.07, 6.45) is 0. The Hall–Kier alpha value is -1.29. The van der Waals surface area contributed by atoms with E-state index in [4.69, 9.17) is 4.42 Å². The minimum absolute atomic E-state index is 0.225. The maximum Gasteiger partial charge on any atom is 0.373 e. The number of benzene rings is 1. The fourth-order valence-corrected chi connectivity index (χ4v) is 1.85. The number of carbonyl (C=O) groups excluding carboxylic acids is 1. The molecule has 2 rings (SSSR count). The SMILES string of the molecule is COC(=O)c1cc2c(Br)ccc(C)c2o1. The van der Waals surface area contributed by atoms with Gasteiger partial charge in [0.2, 0.25) is 5.76 Å². The van der Waals surface area contributed by atoms with Crippen LogP contribution in [0.15, 0.2) is 27.1 Å². The van der Waals surface area contributed by atoms with E-state index in [-0.39, 0.29) is 5.76 Å². The van der Waals surface area contributed by atoms with Crippen molar-refractivity contribution in [2.45, 2.75) is 6.92 Å². The van der Waals surface area contributed by atoms with Crippen molar-refractivity contribution in [2.24, 2.45) is 0 Å². The molecule has 2 aromatic rings. The Balaban J connectivity index is 2.70. The average Bonchev–Trinajstić information content (AvgIpc) is 2.68. The van der Waals surface area contributed by atoms with Crippen LogP contribution >= 0.6 is 15.9 Å². The summed E-state index contributed by atoms with van der Waals surface area (Å²) in [4.78, 5) is 11.3. The van der Waals surface area contributed by atoms with Gasteiger partial charge in [-0.15, -0.1) is 0 Å². The molecule has 0 unspecified atom stereocenters. The van der Waals surface area contributed by atoms with Crippen molar-refractivity contribution in [1.82, 2.24) is 0 Å². The summed E-state index contributed by atoms with van der Waals surface area (Å²) >= 11 is 3.40. The lowest BCUT2D eigenvalue weighted by Crippen LogP contribution is -1.97. The van der Waals surface area contributed by atoms with Crippen molar-refractivity contribution >= 4 is 32.9 Å². The first kappa shape index (κ1) is 10.2. The molecule has 0 bridgehead atoms. The number of ether oxygens (including phenoxy) is 1. The summed E-state index contributed by atoms with van der Waals surface area (Å²) in [6, 6.07) is 5.53. The number of methoxy groups -OCH3 is 1. The van der Waals surface area contributed by atoms with Crippen LogP contribution in [0.2, 0.25) is 0 Å². The van der Waals surface area contributed by atoms with Crippen LogP contribution in [-0.4, -0.2) is 13.1 Å². The van der Waals surface area contributed by atoms with Crippen LogP contribution in [0, 0.1) is 6.92 Å². The number of aryl methyl sites for hydroxylation is 1. The predicted molar refractivity (Wildman–Crippen MR) is 60.0 cm³/mol. The van der Waals surface area contributed by atoms with Crippen molar-refractivity contribution in [3.05, 3.63) is 34.0 Å². The molecule has 0 radical (unpaired) electrons. The highest BCUT2D eigenvalue weighted by Gasteiger charge is 2.14. The molecule has 3 nitrogen and oxygen atoms in total. The van der Waals surface area contributed by atoms with Crippen LogP contribution < -0.4 is 0 Å². The molecule has 4 heteroatoms. The molecule has 0 aliphatic carbocycles. The Kier molecular flexibility index (Phi) is 2.52. The van der Waals surface area contributed by atoms with Crippen LogP contribution in [-0.2, 0) is 4.74 Å². The van der Waals surface area contributed by atoms with E-state index in [2.05, 4.69) is 20.7 Å². The molecule has 0 aliphatic heterocycles. The molecule has 1 heterocycles. The highest BCUT2D eigenvalue weighted by molar-refractivity contribution is 9.10. The van der Waals surface area contributed by atoms with Crippen molar-refractivity contribution in [3.8, 4) is 0 Å². The van der Waals surface area contributed by atoms with Gasteiger partial charge in [0.25, 0.3) is 0 Å². The second-order valence-corrected chi connectivity index (χ2v) is 4.06. The van der Waals surface area contributed by atoms with E-state index in [0.717, 1.165) is 15.4 Å². The van der Waals surface area contributed by atoms with Gasteiger partial charge in [-0.1, -0.05) is 22.0 Å². The number of halogens is 1. The van der Waals surface area contributed by atoms with E-state index < -0.39 is 5.97 Å². The van der Waals surface area contributed by atoms with E-state index >= 15 is 0 Å². The van der Waals surface area contributed by atoms with Crippen LogP contribution in [0.4, 0.5) is 0 Å². The number of furan rings is 1. The third kappa shape index (κ3) is 1.65. The second-order valence-electron chi connectivity index (χ2n) is 3.21. The lowest BCUT2D eigenvalue weighted by atomic mass is 10.2. The topological polar surface area (TPSA) is 39.4 Å². The quantitative estimate of drug-likeness (QED) is 0.746. The van der Waals surface area contributed by atoms with E-state index in [0.29, 0.717) is 5.58 Å². The lowest BCUT2D eigenvalue weighted by Gasteiger charge is -1.95. The Bertz CT molecular complexity index is 489. The molecule has 0 spiro atoms. The number of fused-ring (bicyclic) bond motifs is 1. The fourth-order valence-electron chi connectivity index (χ4n) is 1.43. The van der Waals surface area contributed by atoms with Crippen LogP contribution in [0.25, 0.3) is 11.0 Å². The van der Waals surface area contributed by atoms with Gasteiger partial charge in [-0.3, -0.25) is 0 Å². The van der Waals surface area contributed by atoms with Gasteiger partial charge in [-0.05, 0) is 18.6 Å². The molecule has 1 aromatic carbocycles. The summed E-state index contributed by atoms with van der Waals surface area (Å²) in [5.41, 5.74) is 1.70. The monoisotopic (exact) mass is 268 g/mol. The highest BCUT2D eigenvalue weighted by atomic mass is 79.9. The second kappa shape index (κ2) is 3.70. The fraction of sp³-hybridized carbons (Fsp3) is 0.182. The van der Waals surface area contributed by atoms with Gasteiger partial charge in [0, 0.05) is 15.9 Å². The minimum Gasteiger partial charge on any atom is -0.463 e. The van der Waals surface area contributed by atoms with Gasteiger partial charge in [-0.25, -0.2) is 4.79 Å². The first-order valence-electron chi connectivity index (χ1n) is 4.40. The number of hydrogen-bond acceptors (Lipinski definition) is 3. The van der Waals surface area contributed by atoms with Crippen molar-refractivity contribution in [2.75, 3.05) is 7.11 Å². The van der Waals surface area contributed by atoms with Gasteiger partial charge in [-0.2, -0.15) is 0 Å². The molecular formula is C11H9BrO3. The molecule has 0 aliphatic rings. The highest BCUT2D eigenvalue weighted by Crippen LogP contribution is 2.29. The summed E-state index contributed by atoms with van der Waals surface area (Å²) in [5, 5.41) is 0.885. The minimum atomic E-state index is -0.461. The molecule has 0 amide bonds. The third-order valence-electron chi connectivity index (χ3n) is 2.21. The zero-order valence-electron chi connectivity index (χ0n) is 8.33. The van der Waals surface area contributed by atoms with E-state index in [9.17, 15) is 4.79 Å². The molecule has 0 atom stereocenters. The van der Waals surface area contributed by atoms with Crippen molar-refractivity contribution in [3.63, 3.8) is 0 Å². The maximum atomic E-state index is 11.3. The summed E-state index contributed by atoms with van der Waals surface area (Å²) < 4.78 is 10.9. The first-order chi connectivity index (χ1) is 7.13. The van der Waals surface area contributed by atoms with Crippen molar-refractivity contribution < 1.29 is 13.9 Å². The number of esters is 1. The zero-order valence-corrected chi connectivity index (χ0v) is 9.92. The Morgan fingerprint density at radius 2 is 2.20 bits per heavy atom. The van der Waals surface area contributed by atoms with Crippen LogP contribution in [0.1, 0.15) is 16.1 Å². The van der Waals surface area contributed by atoms with Crippen LogP contribution in [0.5, 0.6) is 0 Å². The number of carbonyl (C=O) groups is 1. The molecule has 0 N–H and O–H groups in total. The maximum absolute atomic E-state index is 11.3. The standard InChI is InChI=1S/C11H9BrO3/c1-6-3-4-8(12)7-5-9(11(13)14-2)15-10(6)7/h3-5H,1-2H3. The van der Waals surface area contributed by atoms with E-state index in [1.54, 1.807) is 6.07 Å². The molecule has 78 valence electrons. The van der Waals surface area contributed by atoms with Gasteiger partial charge in [0.15, 0.2) is 0 Å². The summed E-state index contributed by atoms with van der Waals surface area (Å²) in [5.74, 6) is -0.236. The van der Waals surface area contributed by atoms with Gasteiger partial charge < -0.3 is 9.15 Å². The Morgan fingerprint density at radius 1 is 1.47 bits per heavy atom. The molecule has 0 saturated carbocycles. The number of hydrogen-bond donors (Lipinski definition) is 0. The predicted octanol–water partition coefficient (Wildman–Crippen LogP) is 3.29. The first-order valence-corrected chi connectivity index (χ1v) is 5.19. The normalized spacial score (nSPS) is 10.6. The molecule has 0 fully saturated rings. The molecule has 0 saturated heterocycles. The van der Waals surface area contributed by atoms with Gasteiger partial charge in [0.05, 0.1) is 7.11 Å². The number of rotatable bonds is 1. The van der Waals surface area contributed by atoms with Gasteiger partial charge >= 0.3 is 5.97 Å². The zero-order chi connectivity index (χ0) is 11.0. The van der Waals surface area contributed by atoms with Gasteiger partial charge in [0.1, 0.15) is 5.58 Å². The lowest BCUT2D eigenvalue weighted by molar-refractivity contribution is 0.0567. The average molecular weight is 269 g/mol.